The summed E-state index contributed by atoms with van der Waals surface area (Å²) in [6, 6.07) is 0. The summed E-state index contributed by atoms with van der Waals surface area (Å²) in [4.78, 5) is 12.5. The fraction of sp³-hybridized carbons (Fsp3) is 0.727. The maximum atomic E-state index is 11.0. The third kappa shape index (κ3) is 7.39. The monoisotopic (exact) mass is 181 g/mol. The van der Waals surface area contributed by atoms with Gasteiger partial charge in [-0.25, -0.2) is 0 Å². The highest BCUT2D eigenvalue weighted by molar-refractivity contribution is 5.93. The van der Waals surface area contributed by atoms with E-state index in [4.69, 9.17) is 0 Å². The van der Waals surface area contributed by atoms with Crippen LogP contribution in [0.3, 0.4) is 0 Å². The molecule has 2 heteroatoms. The minimum absolute atomic E-state index is 0.101. The molecule has 0 saturated carbocycles. The van der Waals surface area contributed by atoms with E-state index in [1.54, 1.807) is 14.1 Å². The summed E-state index contributed by atoms with van der Waals surface area (Å²) in [6.45, 7) is 2.18. The van der Waals surface area contributed by atoms with Gasteiger partial charge in [0, 0.05) is 20.5 Å². The highest BCUT2D eigenvalue weighted by atomic mass is 16.2. The van der Waals surface area contributed by atoms with E-state index in [9.17, 15) is 4.79 Å². The van der Waals surface area contributed by atoms with Crippen molar-refractivity contribution in [3.8, 4) is 11.8 Å². The number of carbonyl (C=O) groups is 1. The van der Waals surface area contributed by atoms with Gasteiger partial charge in [0.05, 0.1) is 0 Å². The van der Waals surface area contributed by atoms with Gasteiger partial charge in [-0.1, -0.05) is 32.1 Å². The lowest BCUT2D eigenvalue weighted by atomic mass is 10.2. The summed E-state index contributed by atoms with van der Waals surface area (Å²) in [5, 5.41) is 0. The SMILES string of the molecule is CCCCCCC#CC(=O)N(C)C. The first-order chi connectivity index (χ1) is 6.18. The van der Waals surface area contributed by atoms with Crippen molar-refractivity contribution in [1.82, 2.24) is 4.90 Å². The molecule has 13 heavy (non-hydrogen) atoms. The Morgan fingerprint density at radius 2 is 1.92 bits per heavy atom. The molecule has 0 N–H and O–H groups in total. The van der Waals surface area contributed by atoms with Crippen molar-refractivity contribution in [2.45, 2.75) is 39.0 Å². The fourth-order valence-corrected chi connectivity index (χ4v) is 0.890. The standard InChI is InChI=1S/C11H19NO/c1-4-5-6-7-8-9-10-11(13)12(2)3/h4-8H2,1-3H3. The zero-order valence-electron chi connectivity index (χ0n) is 8.89. The molecule has 0 aliphatic rings. The van der Waals surface area contributed by atoms with E-state index in [2.05, 4.69) is 18.8 Å². The Morgan fingerprint density at radius 3 is 2.46 bits per heavy atom. The van der Waals surface area contributed by atoms with Crippen LogP contribution in [0.4, 0.5) is 0 Å². The minimum Gasteiger partial charge on any atom is -0.338 e. The van der Waals surface area contributed by atoms with Crippen molar-refractivity contribution in [1.29, 1.82) is 0 Å². The lowest BCUT2D eigenvalue weighted by molar-refractivity contribution is -0.122. The number of nitrogens with zero attached hydrogens (tertiary/aromatic N) is 1. The molecule has 0 heterocycles. The molecule has 0 aliphatic heterocycles. The Labute approximate surface area is 81.3 Å². The summed E-state index contributed by atoms with van der Waals surface area (Å²) in [7, 11) is 3.43. The third-order valence-corrected chi connectivity index (χ3v) is 1.76. The van der Waals surface area contributed by atoms with Gasteiger partial charge in [-0.05, 0) is 12.3 Å². The average molecular weight is 181 g/mol. The van der Waals surface area contributed by atoms with Crippen molar-refractivity contribution >= 4 is 5.91 Å². The summed E-state index contributed by atoms with van der Waals surface area (Å²) in [5.41, 5.74) is 0. The van der Waals surface area contributed by atoms with Crippen molar-refractivity contribution in [2.24, 2.45) is 0 Å². The molecule has 0 aromatic carbocycles. The molecule has 0 aromatic heterocycles. The van der Waals surface area contributed by atoms with E-state index in [1.807, 2.05) is 0 Å². The maximum absolute atomic E-state index is 11.0. The molecule has 0 rings (SSSR count). The average Bonchev–Trinajstić information content (AvgIpc) is 2.10. The van der Waals surface area contributed by atoms with Crippen LogP contribution in [0.5, 0.6) is 0 Å². The number of unbranched alkanes of at least 4 members (excludes halogenated alkanes) is 4. The van der Waals surface area contributed by atoms with Gasteiger partial charge in [-0.2, -0.15) is 0 Å². The Balaban J connectivity index is 3.45. The van der Waals surface area contributed by atoms with E-state index in [1.165, 1.54) is 24.2 Å². The molecule has 74 valence electrons. The van der Waals surface area contributed by atoms with Crippen LogP contribution in [-0.2, 0) is 4.79 Å². The molecule has 0 aromatic rings. The molecule has 0 bridgehead atoms. The van der Waals surface area contributed by atoms with Crippen molar-refractivity contribution in [2.75, 3.05) is 14.1 Å². The van der Waals surface area contributed by atoms with Gasteiger partial charge >= 0.3 is 0 Å². The Morgan fingerprint density at radius 1 is 1.23 bits per heavy atom. The molecular formula is C11H19NO. The topological polar surface area (TPSA) is 20.3 Å². The smallest absolute Gasteiger partial charge is 0.297 e. The molecule has 0 saturated heterocycles. The van der Waals surface area contributed by atoms with Crippen molar-refractivity contribution in [3.05, 3.63) is 0 Å². The summed E-state index contributed by atoms with van der Waals surface area (Å²) >= 11 is 0. The Bertz CT molecular complexity index is 198. The molecule has 2 nitrogen and oxygen atoms in total. The molecule has 1 amide bonds. The van der Waals surface area contributed by atoms with Gasteiger partial charge in [0.25, 0.3) is 5.91 Å². The highest BCUT2D eigenvalue weighted by Crippen LogP contribution is 2.00. The minimum atomic E-state index is -0.101. The predicted molar refractivity (Wildman–Crippen MR) is 55.2 cm³/mol. The molecule has 0 fully saturated rings. The second-order valence-electron chi connectivity index (χ2n) is 3.31. The molecular weight excluding hydrogens is 162 g/mol. The lowest BCUT2D eigenvalue weighted by Gasteiger charge is -2.02. The number of hydrogen-bond acceptors (Lipinski definition) is 1. The van der Waals surface area contributed by atoms with E-state index in [0.717, 1.165) is 12.8 Å². The van der Waals surface area contributed by atoms with E-state index in [0.29, 0.717) is 0 Å². The molecule has 0 atom stereocenters. The van der Waals surface area contributed by atoms with Crippen molar-refractivity contribution < 1.29 is 4.79 Å². The normalized spacial score (nSPS) is 8.85. The number of hydrogen-bond donors (Lipinski definition) is 0. The zero-order chi connectivity index (χ0) is 10.1. The van der Waals surface area contributed by atoms with Crippen LogP contribution in [0.15, 0.2) is 0 Å². The van der Waals surface area contributed by atoms with E-state index < -0.39 is 0 Å². The van der Waals surface area contributed by atoms with E-state index >= 15 is 0 Å². The first kappa shape index (κ1) is 12.0. The Kier molecular flexibility index (Phi) is 7.10. The van der Waals surface area contributed by atoms with Gasteiger partial charge in [-0.3, -0.25) is 4.79 Å². The van der Waals surface area contributed by atoms with Crippen LogP contribution in [0.25, 0.3) is 0 Å². The molecule has 0 spiro atoms. The van der Waals surface area contributed by atoms with Gasteiger partial charge < -0.3 is 4.90 Å². The van der Waals surface area contributed by atoms with Crippen LogP contribution >= 0.6 is 0 Å². The predicted octanol–water partition coefficient (Wildman–Crippen LogP) is 2.05. The highest BCUT2D eigenvalue weighted by Gasteiger charge is 1.95. The third-order valence-electron chi connectivity index (χ3n) is 1.76. The van der Waals surface area contributed by atoms with Crippen molar-refractivity contribution in [3.63, 3.8) is 0 Å². The molecule has 0 unspecified atom stereocenters. The van der Waals surface area contributed by atoms with Crippen LogP contribution in [0, 0.1) is 11.8 Å². The quantitative estimate of drug-likeness (QED) is 0.480. The van der Waals surface area contributed by atoms with Gasteiger partial charge in [0.2, 0.25) is 0 Å². The van der Waals surface area contributed by atoms with Gasteiger partial charge in [0.15, 0.2) is 0 Å². The second kappa shape index (κ2) is 7.67. The summed E-state index contributed by atoms with van der Waals surface area (Å²) < 4.78 is 0. The fourth-order valence-electron chi connectivity index (χ4n) is 0.890. The first-order valence-corrected chi connectivity index (χ1v) is 4.88. The molecule has 0 aliphatic carbocycles. The largest absolute Gasteiger partial charge is 0.338 e. The summed E-state index contributed by atoms with van der Waals surface area (Å²) in [6.07, 6.45) is 5.69. The van der Waals surface area contributed by atoms with Gasteiger partial charge in [-0.15, -0.1) is 0 Å². The lowest BCUT2D eigenvalue weighted by Crippen LogP contribution is -2.19. The van der Waals surface area contributed by atoms with Crippen LogP contribution in [0.2, 0.25) is 0 Å². The number of carbonyl (C=O) groups excluding carboxylic acids is 1. The van der Waals surface area contributed by atoms with Crippen LogP contribution in [-0.4, -0.2) is 24.9 Å². The second-order valence-corrected chi connectivity index (χ2v) is 3.31. The zero-order valence-corrected chi connectivity index (χ0v) is 8.89. The number of amides is 1. The van der Waals surface area contributed by atoms with Crippen LogP contribution in [0.1, 0.15) is 39.0 Å². The summed E-state index contributed by atoms with van der Waals surface area (Å²) in [5.74, 6) is 5.38. The number of rotatable bonds is 4. The van der Waals surface area contributed by atoms with Crippen LogP contribution < -0.4 is 0 Å². The van der Waals surface area contributed by atoms with E-state index in [-0.39, 0.29) is 5.91 Å². The Hall–Kier alpha value is -0.970. The first-order valence-electron chi connectivity index (χ1n) is 4.88. The van der Waals surface area contributed by atoms with Gasteiger partial charge in [0.1, 0.15) is 0 Å². The molecule has 0 radical (unpaired) electrons. The maximum Gasteiger partial charge on any atom is 0.297 e.